The first-order chi connectivity index (χ1) is 11.9. The van der Waals surface area contributed by atoms with E-state index in [0.717, 1.165) is 0 Å². The van der Waals surface area contributed by atoms with Crippen LogP contribution < -0.4 is 4.74 Å². The number of ether oxygens (including phenoxy) is 1. The maximum absolute atomic E-state index is 12.9. The Kier molecular flexibility index (Phi) is 4.76. The molecule has 0 aromatic heterocycles. The van der Waals surface area contributed by atoms with Gasteiger partial charge in [0.05, 0.1) is 18.4 Å². The molecule has 25 heavy (non-hydrogen) atoms. The maximum Gasteiger partial charge on any atom is 0.227 e. The molecule has 2 aromatic rings. The number of hydrogen-bond donors (Lipinski definition) is 0. The normalized spacial score (nSPS) is 14.9. The number of likely N-dealkylation sites (tertiary alicyclic amines) is 1. The van der Waals surface area contributed by atoms with Crippen LogP contribution in [0.15, 0.2) is 53.4 Å². The molecule has 7 heteroatoms. The molecule has 1 saturated heterocycles. The van der Waals surface area contributed by atoms with Crippen LogP contribution in [0.25, 0.3) is 0 Å². The van der Waals surface area contributed by atoms with Crippen LogP contribution in [0.2, 0.25) is 0 Å². The predicted octanol–water partition coefficient (Wildman–Crippen LogP) is 2.06. The van der Waals surface area contributed by atoms with Crippen LogP contribution in [0, 0.1) is 5.82 Å². The number of methoxy groups -OCH3 is 1. The molecule has 1 fully saturated rings. The fourth-order valence-corrected chi connectivity index (χ4v) is 4.34. The molecular formula is C18H18FNO4S. The zero-order valence-corrected chi connectivity index (χ0v) is 14.5. The lowest BCUT2D eigenvalue weighted by Gasteiger charge is -2.38. The largest absolute Gasteiger partial charge is 0.497 e. The number of rotatable bonds is 5. The highest BCUT2D eigenvalue weighted by Crippen LogP contribution is 2.25. The van der Waals surface area contributed by atoms with Crippen LogP contribution in [0.4, 0.5) is 4.39 Å². The van der Waals surface area contributed by atoms with Gasteiger partial charge < -0.3 is 9.64 Å². The lowest BCUT2D eigenvalue weighted by Crippen LogP contribution is -2.57. The van der Waals surface area contributed by atoms with Crippen LogP contribution in [-0.4, -0.2) is 44.7 Å². The van der Waals surface area contributed by atoms with Crippen LogP contribution in [-0.2, 0) is 21.1 Å². The smallest absolute Gasteiger partial charge is 0.227 e. The number of halogens is 1. The van der Waals surface area contributed by atoms with Crippen molar-refractivity contribution in [1.29, 1.82) is 0 Å². The van der Waals surface area contributed by atoms with Crippen LogP contribution in [0.3, 0.4) is 0 Å². The summed E-state index contributed by atoms with van der Waals surface area (Å²) in [6, 6.07) is 11.9. The Labute approximate surface area is 145 Å². The third kappa shape index (κ3) is 3.66. The summed E-state index contributed by atoms with van der Waals surface area (Å²) in [7, 11) is -1.96. The third-order valence-corrected chi connectivity index (χ3v) is 6.40. The molecule has 1 heterocycles. The van der Waals surface area contributed by atoms with Gasteiger partial charge in [-0.05, 0) is 42.0 Å². The zero-order valence-electron chi connectivity index (χ0n) is 13.7. The summed E-state index contributed by atoms with van der Waals surface area (Å²) in [6.07, 6.45) is 0.135. The van der Waals surface area contributed by atoms with Crippen molar-refractivity contribution >= 4 is 15.7 Å². The predicted molar refractivity (Wildman–Crippen MR) is 90.7 cm³/mol. The van der Waals surface area contributed by atoms with E-state index >= 15 is 0 Å². The summed E-state index contributed by atoms with van der Waals surface area (Å²) >= 11 is 0. The quantitative estimate of drug-likeness (QED) is 0.816. The van der Waals surface area contributed by atoms with Gasteiger partial charge in [0.15, 0.2) is 9.84 Å². The molecular weight excluding hydrogens is 345 g/mol. The average Bonchev–Trinajstić information content (AvgIpc) is 2.55. The molecule has 0 aliphatic carbocycles. The van der Waals surface area contributed by atoms with Gasteiger partial charge in [-0.1, -0.05) is 12.1 Å². The van der Waals surface area contributed by atoms with E-state index in [0.29, 0.717) is 11.3 Å². The minimum absolute atomic E-state index is 0.135. The molecule has 1 aliphatic rings. The molecule has 0 atom stereocenters. The number of sulfone groups is 1. The van der Waals surface area contributed by atoms with Crippen molar-refractivity contribution in [2.75, 3.05) is 20.2 Å². The fraction of sp³-hybridized carbons (Fsp3) is 0.278. The molecule has 3 rings (SSSR count). The van der Waals surface area contributed by atoms with E-state index in [1.54, 1.807) is 24.3 Å². The number of amides is 1. The lowest BCUT2D eigenvalue weighted by atomic mass is 10.1. The van der Waals surface area contributed by atoms with Crippen molar-refractivity contribution in [3.8, 4) is 5.75 Å². The van der Waals surface area contributed by atoms with E-state index in [1.807, 2.05) is 0 Å². The molecule has 132 valence electrons. The second-order valence-electron chi connectivity index (χ2n) is 5.94. The summed E-state index contributed by atoms with van der Waals surface area (Å²) in [5.41, 5.74) is 0.702. The average molecular weight is 363 g/mol. The Balaban J connectivity index is 1.60. The van der Waals surface area contributed by atoms with Crippen molar-refractivity contribution in [3.05, 3.63) is 59.9 Å². The highest BCUT2D eigenvalue weighted by molar-refractivity contribution is 7.92. The van der Waals surface area contributed by atoms with Crippen LogP contribution in [0.1, 0.15) is 5.56 Å². The molecule has 0 spiro atoms. The van der Waals surface area contributed by atoms with E-state index in [2.05, 4.69) is 0 Å². The van der Waals surface area contributed by atoms with Crippen LogP contribution in [0.5, 0.6) is 5.75 Å². The molecule has 2 aromatic carbocycles. The van der Waals surface area contributed by atoms with Crippen molar-refractivity contribution in [3.63, 3.8) is 0 Å². The Morgan fingerprint density at radius 1 is 1.12 bits per heavy atom. The number of nitrogens with zero attached hydrogens (tertiary/aromatic N) is 1. The Hall–Kier alpha value is -2.41. The summed E-state index contributed by atoms with van der Waals surface area (Å²) in [4.78, 5) is 13.9. The SMILES string of the molecule is COc1ccc(S(=O)(=O)C2CN(C(=O)Cc3ccc(F)cc3)C2)cc1. The summed E-state index contributed by atoms with van der Waals surface area (Å²) in [5.74, 6) is 0.0715. The summed E-state index contributed by atoms with van der Waals surface area (Å²) in [5, 5.41) is -0.599. The third-order valence-electron chi connectivity index (χ3n) is 4.30. The molecule has 1 amide bonds. The van der Waals surface area contributed by atoms with E-state index in [9.17, 15) is 17.6 Å². The fourth-order valence-electron chi connectivity index (χ4n) is 2.68. The zero-order chi connectivity index (χ0) is 18.0. The van der Waals surface area contributed by atoms with Gasteiger partial charge in [0.2, 0.25) is 5.91 Å². The van der Waals surface area contributed by atoms with E-state index < -0.39 is 15.1 Å². The van der Waals surface area contributed by atoms with Crippen LogP contribution >= 0.6 is 0 Å². The standard InChI is InChI=1S/C18H18FNO4S/c1-24-15-6-8-16(9-7-15)25(22,23)17-11-20(12-17)18(21)10-13-2-4-14(19)5-3-13/h2-9,17H,10-12H2,1H3. The first-order valence-corrected chi connectivity index (χ1v) is 9.35. The Morgan fingerprint density at radius 2 is 1.72 bits per heavy atom. The minimum Gasteiger partial charge on any atom is -0.497 e. The van der Waals surface area contributed by atoms with E-state index in [4.69, 9.17) is 4.74 Å². The Bertz CT molecular complexity index is 857. The van der Waals surface area contributed by atoms with Gasteiger partial charge in [-0.15, -0.1) is 0 Å². The second-order valence-corrected chi connectivity index (χ2v) is 8.17. The minimum atomic E-state index is -3.47. The molecule has 0 saturated carbocycles. The topological polar surface area (TPSA) is 63.7 Å². The molecule has 1 aliphatic heterocycles. The molecule has 0 bridgehead atoms. The van der Waals surface area contributed by atoms with E-state index in [-0.39, 0.29) is 36.1 Å². The molecule has 0 radical (unpaired) electrons. The second kappa shape index (κ2) is 6.84. The van der Waals surface area contributed by atoms with Crippen molar-refractivity contribution in [2.24, 2.45) is 0 Å². The van der Waals surface area contributed by atoms with Gasteiger partial charge in [0, 0.05) is 13.1 Å². The summed E-state index contributed by atoms with van der Waals surface area (Å²) in [6.45, 7) is 0.350. The van der Waals surface area contributed by atoms with Gasteiger partial charge in [-0.25, -0.2) is 12.8 Å². The maximum atomic E-state index is 12.9. The molecule has 5 nitrogen and oxygen atoms in total. The van der Waals surface area contributed by atoms with Gasteiger partial charge in [-0.2, -0.15) is 0 Å². The van der Waals surface area contributed by atoms with E-state index in [1.165, 1.54) is 36.3 Å². The number of carbonyl (C=O) groups is 1. The summed E-state index contributed by atoms with van der Waals surface area (Å²) < 4.78 is 43.0. The lowest BCUT2D eigenvalue weighted by molar-refractivity contribution is -0.133. The van der Waals surface area contributed by atoms with Gasteiger partial charge in [0.25, 0.3) is 0 Å². The highest BCUT2D eigenvalue weighted by Gasteiger charge is 2.40. The molecule has 0 unspecified atom stereocenters. The Morgan fingerprint density at radius 3 is 2.28 bits per heavy atom. The monoisotopic (exact) mass is 363 g/mol. The number of carbonyl (C=O) groups excluding carboxylic acids is 1. The number of benzene rings is 2. The first-order valence-electron chi connectivity index (χ1n) is 7.80. The van der Waals surface area contributed by atoms with Crippen molar-refractivity contribution in [2.45, 2.75) is 16.6 Å². The first kappa shape index (κ1) is 17.4. The van der Waals surface area contributed by atoms with Crippen molar-refractivity contribution in [1.82, 2.24) is 4.90 Å². The van der Waals surface area contributed by atoms with Gasteiger partial charge in [0.1, 0.15) is 16.8 Å². The molecule has 0 N–H and O–H groups in total. The van der Waals surface area contributed by atoms with Gasteiger partial charge >= 0.3 is 0 Å². The number of hydrogen-bond acceptors (Lipinski definition) is 4. The van der Waals surface area contributed by atoms with Gasteiger partial charge in [-0.3, -0.25) is 4.79 Å². The highest BCUT2D eigenvalue weighted by atomic mass is 32.2. The van der Waals surface area contributed by atoms with Crippen molar-refractivity contribution < 1.29 is 22.3 Å².